The predicted octanol–water partition coefficient (Wildman–Crippen LogP) is 9.06. The number of rotatable bonds is 9. The van der Waals surface area contributed by atoms with Crippen LogP contribution in [0.4, 0.5) is 13.2 Å². The van der Waals surface area contributed by atoms with Crippen LogP contribution in [0.5, 0.6) is 0 Å². The highest BCUT2D eigenvalue weighted by Crippen LogP contribution is 2.39. The van der Waals surface area contributed by atoms with Gasteiger partial charge in [-0.3, -0.25) is 0 Å². The van der Waals surface area contributed by atoms with Crippen molar-refractivity contribution in [2.75, 3.05) is 6.61 Å². The molecule has 0 spiro atoms. The van der Waals surface area contributed by atoms with Crippen molar-refractivity contribution in [1.82, 2.24) is 0 Å². The molecule has 0 atom stereocenters. The van der Waals surface area contributed by atoms with Crippen molar-refractivity contribution in [2.45, 2.75) is 38.5 Å². The Morgan fingerprint density at radius 1 is 1.00 bits per heavy atom. The lowest BCUT2D eigenvalue weighted by Gasteiger charge is -2.27. The Balaban J connectivity index is 1.63. The van der Waals surface area contributed by atoms with E-state index in [1.807, 2.05) is 18.2 Å². The normalized spacial score (nSPS) is 18.6. The Labute approximate surface area is 200 Å². The first-order valence-electron chi connectivity index (χ1n) is 11.6. The Morgan fingerprint density at radius 2 is 1.68 bits per heavy atom. The van der Waals surface area contributed by atoms with Crippen LogP contribution in [0, 0.1) is 17.6 Å². The highest BCUT2D eigenvalue weighted by Gasteiger charge is 2.25. The van der Waals surface area contributed by atoms with Gasteiger partial charge in [0.2, 0.25) is 0 Å². The maximum Gasteiger partial charge on any atom is 0.166 e. The molecule has 178 valence electrons. The molecular formula is C30H31F3O. The SMILES string of the molecule is C=Cc1ccc(-c2ccc(C3CCC(/C=C/C(=C)/C(F)=C\C(=C)OCC)CC3)c(F)c2F)cc1. The summed E-state index contributed by atoms with van der Waals surface area (Å²) < 4.78 is 49.2. The van der Waals surface area contributed by atoms with Crippen LogP contribution in [-0.4, -0.2) is 6.61 Å². The zero-order chi connectivity index (χ0) is 24.7. The van der Waals surface area contributed by atoms with Gasteiger partial charge in [-0.15, -0.1) is 0 Å². The van der Waals surface area contributed by atoms with Gasteiger partial charge in [0.05, 0.1) is 6.61 Å². The van der Waals surface area contributed by atoms with E-state index in [2.05, 4.69) is 19.7 Å². The summed E-state index contributed by atoms with van der Waals surface area (Å²) in [4.78, 5) is 0. The summed E-state index contributed by atoms with van der Waals surface area (Å²) in [6, 6.07) is 10.6. The summed E-state index contributed by atoms with van der Waals surface area (Å²) in [5.41, 5.74) is 2.50. The molecule has 0 heterocycles. The van der Waals surface area contributed by atoms with Crippen molar-refractivity contribution in [2.24, 2.45) is 5.92 Å². The van der Waals surface area contributed by atoms with Gasteiger partial charge in [0.15, 0.2) is 11.6 Å². The van der Waals surface area contributed by atoms with E-state index < -0.39 is 17.5 Å². The molecule has 34 heavy (non-hydrogen) atoms. The van der Waals surface area contributed by atoms with Gasteiger partial charge in [-0.1, -0.05) is 74.4 Å². The summed E-state index contributed by atoms with van der Waals surface area (Å²) >= 11 is 0. The second kappa shape index (κ2) is 11.7. The molecule has 0 aliphatic heterocycles. The number of hydrogen-bond acceptors (Lipinski definition) is 1. The van der Waals surface area contributed by atoms with Gasteiger partial charge in [0.1, 0.15) is 11.6 Å². The van der Waals surface area contributed by atoms with E-state index in [4.69, 9.17) is 4.74 Å². The first-order valence-corrected chi connectivity index (χ1v) is 11.6. The Morgan fingerprint density at radius 3 is 2.29 bits per heavy atom. The lowest BCUT2D eigenvalue weighted by atomic mass is 9.78. The first-order chi connectivity index (χ1) is 16.3. The van der Waals surface area contributed by atoms with Crippen LogP contribution < -0.4 is 0 Å². The topological polar surface area (TPSA) is 9.23 Å². The minimum Gasteiger partial charge on any atom is -0.494 e. The summed E-state index contributed by atoms with van der Waals surface area (Å²) in [5, 5.41) is 0. The third kappa shape index (κ3) is 6.19. The Hall–Kier alpha value is -3.27. The average Bonchev–Trinajstić information content (AvgIpc) is 2.85. The van der Waals surface area contributed by atoms with Gasteiger partial charge in [0.25, 0.3) is 0 Å². The van der Waals surface area contributed by atoms with Crippen molar-refractivity contribution in [3.05, 3.63) is 114 Å². The van der Waals surface area contributed by atoms with E-state index in [1.165, 1.54) is 6.08 Å². The van der Waals surface area contributed by atoms with E-state index in [-0.39, 0.29) is 28.7 Å². The van der Waals surface area contributed by atoms with Crippen molar-refractivity contribution in [3.63, 3.8) is 0 Å². The standard InChI is InChI=1S/C30H31F3O/c1-5-22-9-13-24(14-10-22)26-17-18-27(30(33)29(26)32)25-15-11-23(12-16-25)8-7-20(3)28(31)19-21(4)34-6-2/h5,7-10,13-14,17-19,23,25H,1,3-4,6,11-12,15-16H2,2H3/b8-7+,28-19+. The largest absolute Gasteiger partial charge is 0.494 e. The van der Waals surface area contributed by atoms with Crippen LogP contribution >= 0.6 is 0 Å². The van der Waals surface area contributed by atoms with Gasteiger partial charge in [-0.2, -0.15) is 0 Å². The molecular weight excluding hydrogens is 433 g/mol. The second-order valence-electron chi connectivity index (χ2n) is 8.54. The highest BCUT2D eigenvalue weighted by atomic mass is 19.2. The molecule has 0 aromatic heterocycles. The summed E-state index contributed by atoms with van der Waals surface area (Å²) in [7, 11) is 0. The predicted molar refractivity (Wildman–Crippen MR) is 135 cm³/mol. The highest BCUT2D eigenvalue weighted by molar-refractivity contribution is 5.66. The molecule has 0 N–H and O–H groups in total. The molecule has 4 heteroatoms. The minimum atomic E-state index is -0.807. The first kappa shape index (κ1) is 25.4. The van der Waals surface area contributed by atoms with E-state index in [0.717, 1.165) is 31.2 Å². The van der Waals surface area contributed by atoms with Crippen molar-refractivity contribution < 1.29 is 17.9 Å². The van der Waals surface area contributed by atoms with Gasteiger partial charge >= 0.3 is 0 Å². The molecule has 1 nitrogen and oxygen atoms in total. The summed E-state index contributed by atoms with van der Waals surface area (Å²) in [5.74, 6) is -1.60. The number of halogens is 3. The molecule has 1 saturated carbocycles. The molecule has 0 saturated heterocycles. The molecule has 0 bridgehead atoms. The van der Waals surface area contributed by atoms with Gasteiger partial charge in [-0.25, -0.2) is 13.2 Å². The fourth-order valence-electron chi connectivity index (χ4n) is 4.32. The van der Waals surface area contributed by atoms with Crippen LogP contribution in [0.3, 0.4) is 0 Å². The van der Waals surface area contributed by atoms with Crippen LogP contribution in [0.2, 0.25) is 0 Å². The molecule has 0 radical (unpaired) electrons. The fourth-order valence-corrected chi connectivity index (χ4v) is 4.32. The monoisotopic (exact) mass is 464 g/mol. The van der Waals surface area contributed by atoms with Crippen molar-refractivity contribution in [1.29, 1.82) is 0 Å². The van der Waals surface area contributed by atoms with Crippen LogP contribution in [-0.2, 0) is 4.74 Å². The third-order valence-corrected chi connectivity index (χ3v) is 6.28. The Kier molecular flexibility index (Phi) is 8.75. The van der Waals surface area contributed by atoms with E-state index in [9.17, 15) is 13.2 Å². The molecule has 3 rings (SSSR count). The van der Waals surface area contributed by atoms with E-state index in [1.54, 1.807) is 43.3 Å². The van der Waals surface area contributed by atoms with E-state index in [0.29, 0.717) is 17.7 Å². The van der Waals surface area contributed by atoms with Gasteiger partial charge < -0.3 is 4.74 Å². The fraction of sp³-hybridized carbons (Fsp3) is 0.267. The number of allylic oxidation sites excluding steroid dienone is 5. The Bertz CT molecular complexity index is 1100. The van der Waals surface area contributed by atoms with Crippen LogP contribution in [0.1, 0.15) is 49.7 Å². The second-order valence-corrected chi connectivity index (χ2v) is 8.54. The molecule has 2 aromatic carbocycles. The van der Waals surface area contributed by atoms with Crippen molar-refractivity contribution >= 4 is 6.08 Å². The minimum absolute atomic E-state index is 0.0364. The van der Waals surface area contributed by atoms with Crippen LogP contribution in [0.25, 0.3) is 17.2 Å². The number of ether oxygens (including phenoxy) is 1. The smallest absolute Gasteiger partial charge is 0.166 e. The maximum absolute atomic E-state index is 15.0. The molecule has 0 amide bonds. The third-order valence-electron chi connectivity index (χ3n) is 6.28. The molecule has 1 fully saturated rings. The molecule has 2 aromatic rings. The average molecular weight is 465 g/mol. The zero-order valence-electron chi connectivity index (χ0n) is 19.6. The lowest BCUT2D eigenvalue weighted by molar-refractivity contribution is 0.243. The van der Waals surface area contributed by atoms with Gasteiger partial charge in [-0.05, 0) is 61.1 Å². The quantitative estimate of drug-likeness (QED) is 0.266. The van der Waals surface area contributed by atoms with Crippen LogP contribution in [0.15, 0.2) is 91.5 Å². The molecule has 0 unspecified atom stereocenters. The van der Waals surface area contributed by atoms with Gasteiger partial charge in [0, 0.05) is 17.2 Å². The number of benzene rings is 2. The summed E-state index contributed by atoms with van der Waals surface area (Å²) in [6.07, 6.45) is 9.66. The number of hydrogen-bond donors (Lipinski definition) is 0. The van der Waals surface area contributed by atoms with E-state index >= 15 is 0 Å². The van der Waals surface area contributed by atoms with Crippen molar-refractivity contribution in [3.8, 4) is 11.1 Å². The zero-order valence-corrected chi connectivity index (χ0v) is 19.6. The molecule has 1 aliphatic carbocycles. The molecule has 1 aliphatic rings. The maximum atomic E-state index is 15.0. The summed E-state index contributed by atoms with van der Waals surface area (Å²) in [6.45, 7) is 13.3. The lowest BCUT2D eigenvalue weighted by Crippen LogP contribution is -2.13.